The van der Waals surface area contributed by atoms with Gasteiger partial charge >= 0.3 is 0 Å². The Bertz CT molecular complexity index is 576. The summed E-state index contributed by atoms with van der Waals surface area (Å²) in [5.41, 5.74) is 6.27. The summed E-state index contributed by atoms with van der Waals surface area (Å²) in [6.45, 7) is 8.61. The lowest BCUT2D eigenvalue weighted by atomic mass is 9.96. The average Bonchev–Trinajstić information content (AvgIpc) is 2.36. The second-order valence-electron chi connectivity index (χ2n) is 5.03. The van der Waals surface area contributed by atoms with Crippen molar-refractivity contribution in [1.29, 1.82) is 0 Å². The van der Waals surface area contributed by atoms with Crippen LogP contribution in [0.1, 0.15) is 35.2 Å². The largest absolute Gasteiger partial charge is 0.377 e. The number of anilines is 1. The number of rotatable bonds is 3. The summed E-state index contributed by atoms with van der Waals surface area (Å²) in [6.07, 6.45) is 1.76. The molecule has 19 heavy (non-hydrogen) atoms. The van der Waals surface area contributed by atoms with E-state index in [1.165, 1.54) is 22.3 Å². The van der Waals surface area contributed by atoms with E-state index < -0.39 is 0 Å². The summed E-state index contributed by atoms with van der Waals surface area (Å²) in [7, 11) is 0. The van der Waals surface area contributed by atoms with Gasteiger partial charge in [-0.05, 0) is 62.1 Å². The molecule has 2 nitrogen and oxygen atoms in total. The van der Waals surface area contributed by atoms with Gasteiger partial charge in [0.15, 0.2) is 0 Å². The molecule has 0 aliphatic carbocycles. The maximum atomic E-state index is 5.79. The monoisotopic (exact) mass is 274 g/mol. The number of nitrogens with one attached hydrogen (secondary N) is 1. The fourth-order valence-electron chi connectivity index (χ4n) is 2.24. The average molecular weight is 275 g/mol. The van der Waals surface area contributed by atoms with Gasteiger partial charge in [0.25, 0.3) is 0 Å². The van der Waals surface area contributed by atoms with Crippen molar-refractivity contribution in [2.24, 2.45) is 0 Å². The molecule has 1 N–H and O–H groups in total. The van der Waals surface area contributed by atoms with Crippen LogP contribution in [0.2, 0.25) is 5.15 Å². The number of hydrogen-bond acceptors (Lipinski definition) is 2. The first-order valence-electron chi connectivity index (χ1n) is 6.43. The predicted molar refractivity (Wildman–Crippen MR) is 81.9 cm³/mol. The molecule has 0 spiro atoms. The highest BCUT2D eigenvalue weighted by molar-refractivity contribution is 6.29. The third-order valence-electron chi connectivity index (χ3n) is 3.46. The van der Waals surface area contributed by atoms with Crippen LogP contribution in [-0.2, 0) is 0 Å². The molecule has 1 heterocycles. The van der Waals surface area contributed by atoms with Gasteiger partial charge in [-0.1, -0.05) is 23.7 Å². The Hall–Kier alpha value is -1.54. The number of hydrogen-bond donors (Lipinski definition) is 1. The minimum atomic E-state index is 0.238. The first-order chi connectivity index (χ1) is 8.97. The lowest BCUT2D eigenvalue weighted by Gasteiger charge is -2.19. The Morgan fingerprint density at radius 2 is 1.74 bits per heavy atom. The molecule has 3 heteroatoms. The van der Waals surface area contributed by atoms with Crippen LogP contribution in [0.25, 0.3) is 0 Å². The van der Waals surface area contributed by atoms with Gasteiger partial charge < -0.3 is 5.32 Å². The van der Waals surface area contributed by atoms with Crippen molar-refractivity contribution in [3.63, 3.8) is 0 Å². The maximum absolute atomic E-state index is 5.79. The van der Waals surface area contributed by atoms with Crippen LogP contribution in [0.4, 0.5) is 5.69 Å². The summed E-state index contributed by atoms with van der Waals surface area (Å²) < 4.78 is 0. The van der Waals surface area contributed by atoms with Gasteiger partial charge in [-0.2, -0.15) is 0 Å². The minimum absolute atomic E-state index is 0.238. The molecule has 0 fully saturated rings. The van der Waals surface area contributed by atoms with Crippen molar-refractivity contribution in [1.82, 2.24) is 4.98 Å². The molecule has 0 aliphatic heterocycles. The zero-order valence-corrected chi connectivity index (χ0v) is 12.5. The van der Waals surface area contributed by atoms with Gasteiger partial charge in [-0.25, -0.2) is 4.98 Å². The topological polar surface area (TPSA) is 24.9 Å². The van der Waals surface area contributed by atoms with E-state index in [2.05, 4.69) is 50.1 Å². The van der Waals surface area contributed by atoms with E-state index in [4.69, 9.17) is 11.6 Å². The van der Waals surface area contributed by atoms with Crippen molar-refractivity contribution in [2.75, 3.05) is 5.32 Å². The van der Waals surface area contributed by atoms with Crippen molar-refractivity contribution in [3.05, 3.63) is 57.9 Å². The third kappa shape index (κ3) is 3.27. The minimum Gasteiger partial charge on any atom is -0.377 e. The van der Waals surface area contributed by atoms with E-state index in [1.807, 2.05) is 6.07 Å². The Morgan fingerprint density at radius 1 is 1.05 bits per heavy atom. The van der Waals surface area contributed by atoms with E-state index in [-0.39, 0.29) is 6.04 Å². The lowest BCUT2D eigenvalue weighted by molar-refractivity contribution is 0.869. The normalized spacial score (nSPS) is 12.3. The van der Waals surface area contributed by atoms with Crippen molar-refractivity contribution < 1.29 is 0 Å². The lowest BCUT2D eigenvalue weighted by Crippen LogP contribution is -2.09. The molecule has 1 atom stereocenters. The van der Waals surface area contributed by atoms with E-state index in [0.29, 0.717) is 5.15 Å². The van der Waals surface area contributed by atoms with Gasteiger partial charge in [0.05, 0.1) is 11.9 Å². The standard InChI is InChI=1S/C16H19ClN2/c1-10-7-12(3)15(8-11(10)2)13(4)19-14-5-6-16(17)18-9-14/h5-9,13,19H,1-4H3. The summed E-state index contributed by atoms with van der Waals surface area (Å²) in [6, 6.07) is 8.48. The third-order valence-corrected chi connectivity index (χ3v) is 3.68. The van der Waals surface area contributed by atoms with Crippen LogP contribution in [0, 0.1) is 20.8 Å². The second-order valence-corrected chi connectivity index (χ2v) is 5.42. The number of aromatic nitrogens is 1. The van der Waals surface area contributed by atoms with Crippen LogP contribution in [0.15, 0.2) is 30.5 Å². The van der Waals surface area contributed by atoms with Crippen LogP contribution < -0.4 is 5.32 Å². The molecule has 0 radical (unpaired) electrons. The zero-order valence-electron chi connectivity index (χ0n) is 11.8. The SMILES string of the molecule is Cc1cc(C)c(C(C)Nc2ccc(Cl)nc2)cc1C. The summed E-state index contributed by atoms with van der Waals surface area (Å²) >= 11 is 5.79. The smallest absolute Gasteiger partial charge is 0.129 e. The Kier molecular flexibility index (Phi) is 4.11. The predicted octanol–water partition coefficient (Wildman–Crippen LogP) is 4.83. The van der Waals surface area contributed by atoms with E-state index in [9.17, 15) is 0 Å². The second kappa shape index (κ2) is 5.62. The number of benzene rings is 1. The van der Waals surface area contributed by atoms with E-state index >= 15 is 0 Å². The van der Waals surface area contributed by atoms with E-state index in [1.54, 1.807) is 12.3 Å². The Labute approximate surface area is 119 Å². The van der Waals surface area contributed by atoms with Crippen LogP contribution in [-0.4, -0.2) is 4.98 Å². The van der Waals surface area contributed by atoms with E-state index in [0.717, 1.165) is 5.69 Å². The summed E-state index contributed by atoms with van der Waals surface area (Å²) in [4.78, 5) is 4.08. The molecule has 1 aromatic heterocycles. The van der Waals surface area contributed by atoms with Crippen LogP contribution in [0.5, 0.6) is 0 Å². The fourth-order valence-corrected chi connectivity index (χ4v) is 2.35. The van der Waals surface area contributed by atoms with Gasteiger partial charge in [0.2, 0.25) is 0 Å². The molecule has 0 saturated carbocycles. The molecule has 1 aromatic carbocycles. The molecule has 2 aromatic rings. The highest BCUT2D eigenvalue weighted by Crippen LogP contribution is 2.25. The molecular weight excluding hydrogens is 256 g/mol. The quantitative estimate of drug-likeness (QED) is 0.811. The number of halogens is 1. The Morgan fingerprint density at radius 3 is 2.37 bits per heavy atom. The molecule has 2 rings (SSSR count). The van der Waals surface area contributed by atoms with Crippen LogP contribution in [0.3, 0.4) is 0 Å². The molecule has 0 saturated heterocycles. The van der Waals surface area contributed by atoms with Gasteiger partial charge in [-0.15, -0.1) is 0 Å². The van der Waals surface area contributed by atoms with Gasteiger partial charge in [-0.3, -0.25) is 0 Å². The Balaban J connectivity index is 2.22. The molecule has 100 valence electrons. The highest BCUT2D eigenvalue weighted by atomic mass is 35.5. The van der Waals surface area contributed by atoms with Gasteiger partial charge in [0, 0.05) is 6.04 Å². The van der Waals surface area contributed by atoms with Crippen molar-refractivity contribution in [3.8, 4) is 0 Å². The molecule has 0 aliphatic rings. The molecule has 0 bridgehead atoms. The molecular formula is C16H19ClN2. The summed E-state index contributed by atoms with van der Waals surface area (Å²) in [5, 5.41) is 3.97. The fraction of sp³-hybridized carbons (Fsp3) is 0.312. The summed E-state index contributed by atoms with van der Waals surface area (Å²) in [5.74, 6) is 0. The molecule has 0 amide bonds. The number of nitrogens with zero attached hydrogens (tertiary/aromatic N) is 1. The van der Waals surface area contributed by atoms with Crippen molar-refractivity contribution in [2.45, 2.75) is 33.7 Å². The van der Waals surface area contributed by atoms with Gasteiger partial charge in [0.1, 0.15) is 5.15 Å². The zero-order chi connectivity index (χ0) is 14.0. The highest BCUT2D eigenvalue weighted by Gasteiger charge is 2.10. The van der Waals surface area contributed by atoms with Crippen molar-refractivity contribution >= 4 is 17.3 Å². The first-order valence-corrected chi connectivity index (χ1v) is 6.81. The van der Waals surface area contributed by atoms with Crippen LogP contribution >= 0.6 is 11.6 Å². The number of aryl methyl sites for hydroxylation is 3. The number of pyridine rings is 1. The first kappa shape index (κ1) is 13.9. The molecule has 1 unspecified atom stereocenters. The maximum Gasteiger partial charge on any atom is 0.129 e.